The van der Waals surface area contributed by atoms with E-state index in [1.807, 2.05) is 30.3 Å². The highest BCUT2D eigenvalue weighted by Crippen LogP contribution is 2.24. The van der Waals surface area contributed by atoms with Gasteiger partial charge in [-0.2, -0.15) is 4.98 Å². The fourth-order valence-corrected chi connectivity index (χ4v) is 4.90. The molecule has 2 fully saturated rings. The molecule has 0 spiro atoms. The Labute approximate surface area is 220 Å². The van der Waals surface area contributed by atoms with Gasteiger partial charge in [0, 0.05) is 56.8 Å². The average molecular weight is 515 g/mol. The molecule has 10 heteroatoms. The van der Waals surface area contributed by atoms with Crippen LogP contribution in [0.15, 0.2) is 60.9 Å². The molecule has 2 aliphatic rings. The van der Waals surface area contributed by atoms with Gasteiger partial charge in [-0.25, -0.2) is 9.78 Å². The molecule has 0 radical (unpaired) electrons. The van der Waals surface area contributed by atoms with Gasteiger partial charge in [0.05, 0.1) is 35.8 Å². The summed E-state index contributed by atoms with van der Waals surface area (Å²) >= 11 is 0. The number of ether oxygens (including phenoxy) is 2. The van der Waals surface area contributed by atoms with E-state index in [9.17, 15) is 9.90 Å². The molecule has 0 bridgehead atoms. The largest absolute Gasteiger partial charge is 0.478 e. The summed E-state index contributed by atoms with van der Waals surface area (Å²) in [6, 6.07) is 14.9. The van der Waals surface area contributed by atoms with Crippen LogP contribution < -0.4 is 9.64 Å². The molecule has 1 aromatic carbocycles. The average Bonchev–Trinajstić information content (AvgIpc) is 3.26. The van der Waals surface area contributed by atoms with Crippen molar-refractivity contribution in [3.05, 3.63) is 77.9 Å². The Morgan fingerprint density at radius 2 is 1.95 bits per heavy atom. The number of aromatic carboxylic acids is 1. The molecule has 2 saturated heterocycles. The molecule has 38 heavy (non-hydrogen) atoms. The Bertz CT molecular complexity index is 1410. The summed E-state index contributed by atoms with van der Waals surface area (Å²) in [5, 5.41) is 9.48. The number of benzene rings is 1. The van der Waals surface area contributed by atoms with E-state index in [1.165, 1.54) is 0 Å². The zero-order chi connectivity index (χ0) is 25.9. The second kappa shape index (κ2) is 10.8. The van der Waals surface area contributed by atoms with Gasteiger partial charge in [-0.05, 0) is 36.8 Å². The fourth-order valence-electron chi connectivity index (χ4n) is 4.90. The molecule has 10 nitrogen and oxygen atoms in total. The van der Waals surface area contributed by atoms with Crippen LogP contribution in [-0.4, -0.2) is 74.4 Å². The number of nitrogens with zero attached hydrogens (tertiary/aromatic N) is 6. The zero-order valence-electron chi connectivity index (χ0n) is 21.1. The van der Waals surface area contributed by atoms with Gasteiger partial charge in [0.2, 0.25) is 5.88 Å². The first-order valence-corrected chi connectivity index (χ1v) is 12.9. The first kappa shape index (κ1) is 24.3. The highest BCUT2D eigenvalue weighted by Gasteiger charge is 2.25. The van der Waals surface area contributed by atoms with E-state index in [2.05, 4.69) is 19.4 Å². The maximum atomic E-state index is 11.6. The monoisotopic (exact) mass is 514 g/mol. The highest BCUT2D eigenvalue weighted by atomic mass is 16.5. The minimum Gasteiger partial charge on any atom is -0.478 e. The molecule has 2 aliphatic heterocycles. The second-order valence-electron chi connectivity index (χ2n) is 9.68. The van der Waals surface area contributed by atoms with E-state index in [4.69, 9.17) is 19.4 Å². The molecule has 1 unspecified atom stereocenters. The van der Waals surface area contributed by atoms with Gasteiger partial charge < -0.3 is 24.0 Å². The predicted octanol–water partition coefficient (Wildman–Crippen LogP) is 3.21. The lowest BCUT2D eigenvalue weighted by atomic mass is 10.1. The van der Waals surface area contributed by atoms with Gasteiger partial charge >= 0.3 is 5.97 Å². The van der Waals surface area contributed by atoms with Gasteiger partial charge in [-0.15, -0.1) is 0 Å². The Hall–Kier alpha value is -4.02. The molecular formula is C28H30N6O4. The van der Waals surface area contributed by atoms with Crippen molar-refractivity contribution in [3.63, 3.8) is 0 Å². The van der Waals surface area contributed by atoms with Gasteiger partial charge in [-0.3, -0.25) is 9.88 Å². The van der Waals surface area contributed by atoms with Crippen molar-refractivity contribution in [2.24, 2.45) is 0 Å². The number of hydrogen-bond acceptors (Lipinski definition) is 8. The van der Waals surface area contributed by atoms with Crippen molar-refractivity contribution in [2.45, 2.75) is 32.2 Å². The zero-order valence-corrected chi connectivity index (χ0v) is 21.1. The van der Waals surface area contributed by atoms with Crippen LogP contribution in [0, 0.1) is 0 Å². The van der Waals surface area contributed by atoms with Crippen molar-refractivity contribution >= 4 is 22.8 Å². The molecule has 196 valence electrons. The lowest BCUT2D eigenvalue weighted by molar-refractivity contribution is -0.0592. The summed E-state index contributed by atoms with van der Waals surface area (Å²) in [5.41, 5.74) is 2.94. The maximum absolute atomic E-state index is 11.6. The van der Waals surface area contributed by atoms with Crippen molar-refractivity contribution in [3.8, 4) is 5.88 Å². The van der Waals surface area contributed by atoms with E-state index >= 15 is 0 Å². The molecule has 5 heterocycles. The van der Waals surface area contributed by atoms with Crippen LogP contribution in [0.4, 0.5) is 5.82 Å². The summed E-state index contributed by atoms with van der Waals surface area (Å²) < 4.78 is 13.7. The number of aromatic nitrogens is 4. The van der Waals surface area contributed by atoms with Crippen LogP contribution in [0.5, 0.6) is 5.88 Å². The number of hydrogen-bond donors (Lipinski definition) is 1. The maximum Gasteiger partial charge on any atom is 0.335 e. The Balaban J connectivity index is 1.12. The van der Waals surface area contributed by atoms with E-state index < -0.39 is 5.97 Å². The number of carboxylic acids is 1. The molecule has 6 rings (SSSR count). The van der Waals surface area contributed by atoms with E-state index in [0.717, 1.165) is 67.4 Å². The summed E-state index contributed by atoms with van der Waals surface area (Å²) in [6.07, 6.45) is 4.70. The normalized spacial score (nSPS) is 17.9. The van der Waals surface area contributed by atoms with Crippen molar-refractivity contribution < 1.29 is 19.4 Å². The molecule has 0 amide bonds. The number of rotatable bonds is 9. The van der Waals surface area contributed by atoms with E-state index in [0.29, 0.717) is 25.6 Å². The first-order valence-electron chi connectivity index (χ1n) is 12.9. The number of carbonyl (C=O) groups is 1. The predicted molar refractivity (Wildman–Crippen MR) is 141 cm³/mol. The third-order valence-corrected chi connectivity index (χ3v) is 7.13. The first-order chi connectivity index (χ1) is 18.6. The number of fused-ring (bicyclic) bond motifs is 1. The molecular weight excluding hydrogens is 484 g/mol. The Morgan fingerprint density at radius 1 is 1.08 bits per heavy atom. The molecule has 0 aliphatic carbocycles. The number of pyridine rings is 2. The Morgan fingerprint density at radius 3 is 2.68 bits per heavy atom. The van der Waals surface area contributed by atoms with Crippen LogP contribution in [0.1, 0.15) is 28.2 Å². The Kier molecular flexibility index (Phi) is 6.89. The van der Waals surface area contributed by atoms with Gasteiger partial charge in [0.15, 0.2) is 0 Å². The third kappa shape index (κ3) is 5.32. The molecule has 3 aromatic heterocycles. The van der Waals surface area contributed by atoms with Crippen LogP contribution in [0.2, 0.25) is 0 Å². The third-order valence-electron chi connectivity index (χ3n) is 7.13. The molecule has 1 atom stereocenters. The van der Waals surface area contributed by atoms with Crippen molar-refractivity contribution in [1.29, 1.82) is 0 Å². The topological polar surface area (TPSA) is 106 Å². The quantitative estimate of drug-likeness (QED) is 0.360. The smallest absolute Gasteiger partial charge is 0.335 e. The van der Waals surface area contributed by atoms with Crippen molar-refractivity contribution in [2.75, 3.05) is 37.7 Å². The number of carboxylic acid groups (broad SMARTS) is 1. The van der Waals surface area contributed by atoms with Crippen LogP contribution >= 0.6 is 0 Å². The second-order valence-corrected chi connectivity index (χ2v) is 9.68. The van der Waals surface area contributed by atoms with Crippen molar-refractivity contribution in [1.82, 2.24) is 24.4 Å². The summed E-state index contributed by atoms with van der Waals surface area (Å²) in [6.45, 7) is 6.00. The fraction of sp³-hybridized carbons (Fsp3) is 0.357. The lowest BCUT2D eigenvalue weighted by Crippen LogP contribution is -2.46. The molecule has 0 saturated carbocycles. The standard InChI is InChI=1S/C28H30N6O4/c35-28(36)21-6-7-23-24(15-21)34(17-22-8-14-37-22)26(30-23)18-32-10-12-33(13-11-32)25-4-1-5-27(31-25)38-19-20-3-2-9-29-16-20/h1-7,9,15-16,22H,8,10-14,17-19H2,(H,35,36). The van der Waals surface area contributed by atoms with Crippen LogP contribution in [0.25, 0.3) is 11.0 Å². The molecule has 1 N–H and O–H groups in total. The van der Waals surface area contributed by atoms with Crippen LogP contribution in [-0.2, 0) is 24.4 Å². The molecule has 4 aromatic rings. The van der Waals surface area contributed by atoms with Gasteiger partial charge in [0.25, 0.3) is 0 Å². The van der Waals surface area contributed by atoms with E-state index in [-0.39, 0.29) is 11.7 Å². The number of imidazole rings is 1. The number of anilines is 1. The highest BCUT2D eigenvalue weighted by molar-refractivity contribution is 5.92. The summed E-state index contributed by atoms with van der Waals surface area (Å²) in [4.78, 5) is 29.9. The summed E-state index contributed by atoms with van der Waals surface area (Å²) in [7, 11) is 0. The SMILES string of the molecule is O=C(O)c1ccc2nc(CN3CCN(c4cccc(OCc5cccnc5)n4)CC3)n(CC3CCO3)c2c1. The van der Waals surface area contributed by atoms with E-state index in [1.54, 1.807) is 30.6 Å². The minimum absolute atomic E-state index is 0.148. The van der Waals surface area contributed by atoms with Gasteiger partial charge in [-0.1, -0.05) is 12.1 Å². The van der Waals surface area contributed by atoms with Gasteiger partial charge in [0.1, 0.15) is 18.2 Å². The van der Waals surface area contributed by atoms with Crippen LogP contribution in [0.3, 0.4) is 0 Å². The number of piperazine rings is 1. The minimum atomic E-state index is -0.933. The lowest BCUT2D eigenvalue weighted by Gasteiger charge is -2.35. The summed E-state index contributed by atoms with van der Waals surface area (Å²) in [5.74, 6) is 1.51.